The van der Waals surface area contributed by atoms with E-state index in [1.54, 1.807) is 7.05 Å². The normalized spacial score (nSPS) is 16.4. The number of furan rings is 1. The van der Waals surface area contributed by atoms with E-state index in [2.05, 4.69) is 26.0 Å². The van der Waals surface area contributed by atoms with Crippen molar-refractivity contribution in [2.75, 3.05) is 13.6 Å². The van der Waals surface area contributed by atoms with Crippen LogP contribution in [0.2, 0.25) is 0 Å². The molecule has 1 heterocycles. The van der Waals surface area contributed by atoms with Crippen LogP contribution in [0.4, 0.5) is 0 Å². The van der Waals surface area contributed by atoms with Gasteiger partial charge in [0.2, 0.25) is 10.0 Å². The highest BCUT2D eigenvalue weighted by molar-refractivity contribution is 9.10. The van der Waals surface area contributed by atoms with Crippen LogP contribution >= 0.6 is 15.9 Å². The summed E-state index contributed by atoms with van der Waals surface area (Å²) < 4.78 is 32.1. The summed E-state index contributed by atoms with van der Waals surface area (Å²) in [6.07, 6.45) is 2.22. The third-order valence-corrected chi connectivity index (χ3v) is 4.89. The van der Waals surface area contributed by atoms with Gasteiger partial charge < -0.3 is 9.73 Å². The molecule has 2 N–H and O–H groups in total. The van der Waals surface area contributed by atoms with E-state index in [9.17, 15) is 8.42 Å². The molecule has 96 valence electrons. The average molecular weight is 323 g/mol. The molecule has 0 unspecified atom stereocenters. The van der Waals surface area contributed by atoms with Gasteiger partial charge in [-0.15, -0.1) is 0 Å². The van der Waals surface area contributed by atoms with E-state index in [0.717, 1.165) is 12.8 Å². The largest absolute Gasteiger partial charge is 0.452 e. The molecule has 7 heteroatoms. The Balaban J connectivity index is 2.12. The highest BCUT2D eigenvalue weighted by Crippen LogP contribution is 2.30. The Labute approximate surface area is 109 Å². The van der Waals surface area contributed by atoms with Crippen molar-refractivity contribution in [1.82, 2.24) is 10.0 Å². The lowest BCUT2D eigenvalue weighted by Crippen LogP contribution is -2.25. The minimum Gasteiger partial charge on any atom is -0.452 e. The van der Waals surface area contributed by atoms with Gasteiger partial charge in [-0.25, -0.2) is 13.1 Å². The molecular weight excluding hydrogens is 308 g/mol. The lowest BCUT2D eigenvalue weighted by molar-refractivity contribution is 0.470. The second kappa shape index (κ2) is 5.09. The Kier molecular flexibility index (Phi) is 3.92. The van der Waals surface area contributed by atoms with Gasteiger partial charge in [-0.2, -0.15) is 0 Å². The van der Waals surface area contributed by atoms with E-state index in [1.165, 1.54) is 6.07 Å². The summed E-state index contributed by atoms with van der Waals surface area (Å²) in [6.45, 7) is 1.01. The monoisotopic (exact) mass is 322 g/mol. The summed E-state index contributed by atoms with van der Waals surface area (Å²) in [6, 6.07) is 1.54. The number of rotatable bonds is 6. The molecular formula is C10H15BrN2O3S. The van der Waals surface area contributed by atoms with E-state index in [-0.39, 0.29) is 9.56 Å². The van der Waals surface area contributed by atoms with E-state index >= 15 is 0 Å². The molecule has 1 aliphatic rings. The number of sulfonamides is 1. The van der Waals surface area contributed by atoms with Crippen molar-refractivity contribution < 1.29 is 12.8 Å². The van der Waals surface area contributed by atoms with Gasteiger partial charge in [0.15, 0.2) is 4.67 Å². The van der Waals surface area contributed by atoms with Crippen LogP contribution in [0.1, 0.15) is 18.6 Å². The Morgan fingerprint density at radius 1 is 1.53 bits per heavy atom. The molecule has 0 radical (unpaired) electrons. The topological polar surface area (TPSA) is 71.3 Å². The Morgan fingerprint density at radius 3 is 2.82 bits per heavy atom. The van der Waals surface area contributed by atoms with Crippen LogP contribution in [0.25, 0.3) is 0 Å². The predicted molar refractivity (Wildman–Crippen MR) is 67.1 cm³/mol. The molecule has 0 atom stereocenters. The summed E-state index contributed by atoms with van der Waals surface area (Å²) in [4.78, 5) is 0.170. The maximum absolute atomic E-state index is 12.0. The molecule has 2 rings (SSSR count). The fourth-order valence-corrected chi connectivity index (χ4v) is 3.58. The molecule has 0 spiro atoms. The first-order valence-electron chi connectivity index (χ1n) is 5.45. The van der Waals surface area contributed by atoms with Gasteiger partial charge in [0, 0.05) is 12.6 Å². The molecule has 1 aromatic heterocycles. The first kappa shape index (κ1) is 13.1. The van der Waals surface area contributed by atoms with Gasteiger partial charge in [-0.3, -0.25) is 0 Å². The van der Waals surface area contributed by atoms with Crippen LogP contribution in [0, 0.1) is 5.92 Å². The second-order valence-electron chi connectivity index (χ2n) is 4.18. The van der Waals surface area contributed by atoms with Crippen LogP contribution < -0.4 is 10.0 Å². The lowest BCUT2D eigenvalue weighted by atomic mass is 10.4. The molecule has 17 heavy (non-hydrogen) atoms. The minimum atomic E-state index is -3.46. The van der Waals surface area contributed by atoms with Gasteiger partial charge in [0.05, 0.1) is 6.54 Å². The summed E-state index contributed by atoms with van der Waals surface area (Å²) >= 11 is 3.13. The van der Waals surface area contributed by atoms with Gasteiger partial charge in [-0.05, 0) is 41.7 Å². The zero-order chi connectivity index (χ0) is 12.5. The molecule has 5 nitrogen and oxygen atoms in total. The van der Waals surface area contributed by atoms with Crippen LogP contribution in [0.3, 0.4) is 0 Å². The Hall–Kier alpha value is -0.370. The van der Waals surface area contributed by atoms with Gasteiger partial charge >= 0.3 is 0 Å². The smallest absolute Gasteiger partial charge is 0.244 e. The minimum absolute atomic E-state index is 0.170. The standard InChI is InChI=1S/C10H15BrN2O3S/c1-12-6-8-4-9(10(11)16-8)17(14,15)13-5-7-2-3-7/h4,7,12-13H,2-3,5-6H2,1H3. The van der Waals surface area contributed by atoms with Crippen molar-refractivity contribution in [3.8, 4) is 0 Å². The molecule has 1 saturated carbocycles. The van der Waals surface area contributed by atoms with Crippen molar-refractivity contribution in [1.29, 1.82) is 0 Å². The van der Waals surface area contributed by atoms with Crippen molar-refractivity contribution in [2.24, 2.45) is 5.92 Å². The molecule has 0 bridgehead atoms. The SMILES string of the molecule is CNCc1cc(S(=O)(=O)NCC2CC2)c(Br)o1. The first-order chi connectivity index (χ1) is 8.03. The molecule has 1 aromatic rings. The maximum atomic E-state index is 12.0. The summed E-state index contributed by atoms with van der Waals surface area (Å²) in [7, 11) is -1.69. The van der Waals surface area contributed by atoms with E-state index in [4.69, 9.17) is 4.42 Å². The van der Waals surface area contributed by atoms with E-state index in [0.29, 0.717) is 24.8 Å². The summed E-state index contributed by atoms with van der Waals surface area (Å²) in [5, 5.41) is 2.91. The summed E-state index contributed by atoms with van der Waals surface area (Å²) in [5.41, 5.74) is 0. The molecule has 0 aromatic carbocycles. The zero-order valence-electron chi connectivity index (χ0n) is 9.49. The van der Waals surface area contributed by atoms with Crippen molar-refractivity contribution in [2.45, 2.75) is 24.3 Å². The van der Waals surface area contributed by atoms with Crippen molar-refractivity contribution in [3.63, 3.8) is 0 Å². The molecule has 1 aliphatic carbocycles. The van der Waals surface area contributed by atoms with Gasteiger partial charge in [0.25, 0.3) is 0 Å². The summed E-state index contributed by atoms with van der Waals surface area (Å²) in [5.74, 6) is 1.10. The van der Waals surface area contributed by atoms with Crippen LogP contribution in [0.5, 0.6) is 0 Å². The van der Waals surface area contributed by atoms with Crippen molar-refractivity contribution >= 4 is 26.0 Å². The van der Waals surface area contributed by atoms with Crippen LogP contribution in [-0.4, -0.2) is 22.0 Å². The van der Waals surface area contributed by atoms with Crippen molar-refractivity contribution in [3.05, 3.63) is 16.5 Å². The number of hydrogen-bond acceptors (Lipinski definition) is 4. The fraction of sp³-hybridized carbons (Fsp3) is 0.600. The number of hydrogen-bond donors (Lipinski definition) is 2. The maximum Gasteiger partial charge on any atom is 0.244 e. The van der Waals surface area contributed by atoms with Gasteiger partial charge in [0.1, 0.15) is 10.7 Å². The zero-order valence-corrected chi connectivity index (χ0v) is 11.9. The first-order valence-corrected chi connectivity index (χ1v) is 7.73. The quantitative estimate of drug-likeness (QED) is 0.831. The third kappa shape index (κ3) is 3.31. The lowest BCUT2D eigenvalue weighted by Gasteiger charge is -2.03. The van der Waals surface area contributed by atoms with E-state index < -0.39 is 10.0 Å². The molecule has 0 amide bonds. The number of nitrogens with one attached hydrogen (secondary N) is 2. The third-order valence-electron chi connectivity index (χ3n) is 2.61. The molecule has 0 saturated heterocycles. The van der Waals surface area contributed by atoms with Gasteiger partial charge in [-0.1, -0.05) is 0 Å². The van der Waals surface area contributed by atoms with Crippen LogP contribution in [0.15, 0.2) is 20.0 Å². The highest BCUT2D eigenvalue weighted by atomic mass is 79.9. The Bertz CT molecular complexity index is 494. The Morgan fingerprint density at radius 2 is 2.24 bits per heavy atom. The number of halogens is 1. The molecule has 1 fully saturated rings. The predicted octanol–water partition coefficient (Wildman–Crippen LogP) is 1.45. The molecule has 0 aliphatic heterocycles. The van der Waals surface area contributed by atoms with Crippen LogP contribution in [-0.2, 0) is 16.6 Å². The average Bonchev–Trinajstić information content (AvgIpc) is 3.00. The van der Waals surface area contributed by atoms with E-state index in [1.807, 2.05) is 0 Å². The fourth-order valence-electron chi connectivity index (χ4n) is 1.47. The second-order valence-corrected chi connectivity index (χ2v) is 6.63. The highest BCUT2D eigenvalue weighted by Gasteiger charge is 2.27.